The Morgan fingerprint density at radius 2 is 2.06 bits per heavy atom. The Balaban J connectivity index is 2.97. The molecule has 16 heavy (non-hydrogen) atoms. The lowest BCUT2D eigenvalue weighted by Gasteiger charge is -2.20. The fourth-order valence-electron chi connectivity index (χ4n) is 1.46. The van der Waals surface area contributed by atoms with Gasteiger partial charge in [-0.15, -0.1) is 0 Å². The van der Waals surface area contributed by atoms with Gasteiger partial charge in [-0.25, -0.2) is 0 Å². The number of hydrogen-bond donors (Lipinski definition) is 1. The van der Waals surface area contributed by atoms with Gasteiger partial charge in [0.1, 0.15) is 16.8 Å². The highest BCUT2D eigenvalue weighted by Gasteiger charge is 2.15. The van der Waals surface area contributed by atoms with Crippen molar-refractivity contribution in [1.82, 2.24) is 4.90 Å². The minimum absolute atomic E-state index is 0.504. The number of hydrogen-bond acceptors (Lipinski definition) is 3. The highest BCUT2D eigenvalue weighted by molar-refractivity contribution is 7.80. The van der Waals surface area contributed by atoms with Crippen LogP contribution in [0.3, 0.4) is 0 Å². The molecule has 1 rings (SSSR count). The van der Waals surface area contributed by atoms with E-state index in [1.807, 2.05) is 39.2 Å². The number of rotatable bonds is 3. The normalized spacial score (nSPS) is 12.1. The van der Waals surface area contributed by atoms with Crippen LogP contribution in [0.1, 0.15) is 17.2 Å². The zero-order valence-corrected chi connectivity index (χ0v) is 10.8. The molecule has 1 atom stereocenters. The third kappa shape index (κ3) is 2.71. The molecular formula is C12H17NO2S. The molecule has 0 aliphatic rings. The molecule has 0 bridgehead atoms. The smallest absolute Gasteiger partial charge is 0.129 e. The Kier molecular flexibility index (Phi) is 4.26. The van der Waals surface area contributed by atoms with E-state index in [9.17, 15) is 5.11 Å². The van der Waals surface area contributed by atoms with Crippen LogP contribution in [-0.4, -0.2) is 36.2 Å². The molecule has 0 fully saturated rings. The number of nitrogens with zero attached hydrogens (tertiary/aromatic N) is 1. The molecule has 4 heteroatoms. The molecular weight excluding hydrogens is 222 g/mol. The minimum Gasteiger partial charge on any atom is -0.496 e. The van der Waals surface area contributed by atoms with E-state index >= 15 is 0 Å². The quantitative estimate of drug-likeness (QED) is 0.817. The van der Waals surface area contributed by atoms with Crippen molar-refractivity contribution in [2.45, 2.75) is 13.0 Å². The average molecular weight is 239 g/mol. The molecule has 0 amide bonds. The van der Waals surface area contributed by atoms with Crippen molar-refractivity contribution >= 4 is 17.2 Å². The maximum atomic E-state index is 10.0. The van der Waals surface area contributed by atoms with Gasteiger partial charge in [-0.2, -0.15) is 0 Å². The van der Waals surface area contributed by atoms with Gasteiger partial charge in [-0.05, 0) is 30.2 Å². The predicted molar refractivity (Wildman–Crippen MR) is 69.0 cm³/mol. The number of likely N-dealkylation sites (N-methyl/N-ethyl adjacent to an activating group) is 1. The van der Waals surface area contributed by atoms with E-state index in [2.05, 4.69) is 0 Å². The second kappa shape index (κ2) is 5.27. The summed E-state index contributed by atoms with van der Waals surface area (Å²) >= 11 is 5.13. The van der Waals surface area contributed by atoms with Crippen LogP contribution in [0, 0.1) is 6.92 Å². The zero-order valence-electron chi connectivity index (χ0n) is 10.0. The molecule has 1 N–H and O–H groups in total. The lowest BCUT2D eigenvalue weighted by molar-refractivity contribution is 0.236. The first-order chi connectivity index (χ1) is 7.47. The van der Waals surface area contributed by atoms with Crippen molar-refractivity contribution in [2.24, 2.45) is 0 Å². The number of ether oxygens (including phenoxy) is 1. The van der Waals surface area contributed by atoms with E-state index in [-0.39, 0.29) is 0 Å². The largest absolute Gasteiger partial charge is 0.496 e. The van der Waals surface area contributed by atoms with Crippen LogP contribution in [0.5, 0.6) is 5.75 Å². The molecule has 3 nitrogen and oxygen atoms in total. The summed E-state index contributed by atoms with van der Waals surface area (Å²) in [5.74, 6) is 0.812. The summed E-state index contributed by atoms with van der Waals surface area (Å²) in [5.41, 5.74) is 1.78. The molecule has 1 aromatic rings. The Morgan fingerprint density at radius 1 is 1.44 bits per heavy atom. The van der Waals surface area contributed by atoms with Crippen LogP contribution >= 0.6 is 12.2 Å². The van der Waals surface area contributed by atoms with Crippen molar-refractivity contribution in [3.63, 3.8) is 0 Å². The molecule has 1 unspecified atom stereocenters. The summed E-state index contributed by atoms with van der Waals surface area (Å²) in [6.45, 7) is 1.94. The second-order valence-corrected chi connectivity index (χ2v) is 4.28. The van der Waals surface area contributed by atoms with Crippen molar-refractivity contribution in [3.8, 4) is 5.75 Å². The highest BCUT2D eigenvalue weighted by Crippen LogP contribution is 2.23. The Hall–Kier alpha value is -1.13. The van der Waals surface area contributed by atoms with Crippen LogP contribution in [0.2, 0.25) is 0 Å². The molecule has 0 heterocycles. The van der Waals surface area contributed by atoms with Gasteiger partial charge in [-0.3, -0.25) is 0 Å². The van der Waals surface area contributed by atoms with Gasteiger partial charge < -0.3 is 14.7 Å². The third-order valence-corrected chi connectivity index (χ3v) is 3.00. The number of aliphatic hydroxyl groups is 1. The number of benzene rings is 1. The van der Waals surface area contributed by atoms with E-state index in [0.29, 0.717) is 4.99 Å². The second-order valence-electron chi connectivity index (χ2n) is 3.86. The lowest BCUT2D eigenvalue weighted by atomic mass is 10.1. The van der Waals surface area contributed by atoms with Gasteiger partial charge in [-0.1, -0.05) is 18.3 Å². The summed E-state index contributed by atoms with van der Waals surface area (Å²) in [7, 11) is 5.27. The zero-order chi connectivity index (χ0) is 12.3. The summed E-state index contributed by atoms with van der Waals surface area (Å²) < 4.78 is 5.16. The van der Waals surface area contributed by atoms with E-state index in [0.717, 1.165) is 16.9 Å². The highest BCUT2D eigenvalue weighted by atomic mass is 32.1. The van der Waals surface area contributed by atoms with Gasteiger partial charge >= 0.3 is 0 Å². The monoisotopic (exact) mass is 239 g/mol. The lowest BCUT2D eigenvalue weighted by Crippen LogP contribution is -2.26. The molecule has 0 saturated carbocycles. The first-order valence-corrected chi connectivity index (χ1v) is 5.42. The average Bonchev–Trinajstić information content (AvgIpc) is 2.26. The summed E-state index contributed by atoms with van der Waals surface area (Å²) in [4.78, 5) is 2.24. The fraction of sp³-hybridized carbons (Fsp3) is 0.417. The van der Waals surface area contributed by atoms with E-state index < -0.39 is 6.10 Å². The van der Waals surface area contributed by atoms with E-state index in [1.54, 1.807) is 12.0 Å². The molecule has 0 aliphatic carbocycles. The summed E-state index contributed by atoms with van der Waals surface area (Å²) in [6, 6.07) is 5.55. The van der Waals surface area contributed by atoms with Crippen LogP contribution in [-0.2, 0) is 0 Å². The van der Waals surface area contributed by atoms with Gasteiger partial charge in [0.15, 0.2) is 0 Å². The van der Waals surface area contributed by atoms with Gasteiger partial charge in [0.05, 0.1) is 7.11 Å². The van der Waals surface area contributed by atoms with E-state index in [1.165, 1.54) is 0 Å². The van der Waals surface area contributed by atoms with Crippen LogP contribution in [0.4, 0.5) is 0 Å². The van der Waals surface area contributed by atoms with Gasteiger partial charge in [0, 0.05) is 14.1 Å². The van der Waals surface area contributed by atoms with Crippen LogP contribution in [0.25, 0.3) is 0 Å². The Bertz CT molecular complexity index is 391. The van der Waals surface area contributed by atoms with Crippen molar-refractivity contribution in [1.29, 1.82) is 0 Å². The topological polar surface area (TPSA) is 32.7 Å². The van der Waals surface area contributed by atoms with Crippen molar-refractivity contribution < 1.29 is 9.84 Å². The minimum atomic E-state index is -0.741. The molecule has 0 spiro atoms. The fourth-order valence-corrected chi connectivity index (χ4v) is 1.59. The predicted octanol–water partition coefficient (Wildman–Crippen LogP) is 1.93. The number of thiocarbonyl (C=S) groups is 1. The summed E-state index contributed by atoms with van der Waals surface area (Å²) in [6.07, 6.45) is -0.741. The third-order valence-electron chi connectivity index (χ3n) is 2.41. The molecule has 1 aromatic carbocycles. The first-order valence-electron chi connectivity index (χ1n) is 5.01. The maximum absolute atomic E-state index is 10.0. The maximum Gasteiger partial charge on any atom is 0.129 e. The van der Waals surface area contributed by atoms with Gasteiger partial charge in [0.25, 0.3) is 0 Å². The molecule has 0 aliphatic heterocycles. The van der Waals surface area contributed by atoms with Crippen LogP contribution in [0.15, 0.2) is 18.2 Å². The van der Waals surface area contributed by atoms with E-state index in [4.69, 9.17) is 17.0 Å². The first kappa shape index (κ1) is 12.9. The Morgan fingerprint density at radius 3 is 2.50 bits per heavy atom. The standard InChI is InChI=1S/C12H17NO2S/c1-8-7-9(5-6-10(8)15-4)11(14)12(16)13(2)3/h5-7,11,14H,1-4H3. The van der Waals surface area contributed by atoms with Gasteiger partial charge in [0.2, 0.25) is 0 Å². The van der Waals surface area contributed by atoms with Crippen molar-refractivity contribution in [2.75, 3.05) is 21.2 Å². The SMILES string of the molecule is COc1ccc(C(O)C(=S)N(C)C)cc1C. The number of aliphatic hydroxyl groups excluding tert-OH is 1. The van der Waals surface area contributed by atoms with Crippen LogP contribution < -0.4 is 4.74 Å². The molecule has 88 valence electrons. The molecule has 0 aromatic heterocycles. The summed E-state index contributed by atoms with van der Waals surface area (Å²) in [5, 5.41) is 10.0. The Labute approximate surface area is 102 Å². The number of methoxy groups -OCH3 is 1. The molecule has 0 radical (unpaired) electrons. The van der Waals surface area contributed by atoms with Crippen molar-refractivity contribution in [3.05, 3.63) is 29.3 Å². The number of aryl methyl sites for hydroxylation is 1. The molecule has 0 saturated heterocycles.